The number of hydrogen-bond donors (Lipinski definition) is 2. The number of ketones is 1. The van der Waals surface area contributed by atoms with E-state index in [4.69, 9.17) is 25.8 Å². The van der Waals surface area contributed by atoms with E-state index in [0.717, 1.165) is 29.3 Å². The molecule has 5 rings (SSSR count). The number of nitrogens with zero attached hydrogens (tertiary/aromatic N) is 3. The van der Waals surface area contributed by atoms with Gasteiger partial charge in [-0.2, -0.15) is 0 Å². The number of fused-ring (bicyclic) bond motifs is 1. The zero-order valence-corrected chi connectivity index (χ0v) is 35.8. The fourth-order valence-electron chi connectivity index (χ4n) is 7.58. The summed E-state index contributed by atoms with van der Waals surface area (Å²) in [6.45, 7) is 9.36. The van der Waals surface area contributed by atoms with Crippen molar-refractivity contribution >= 4 is 52.0 Å². The average molecular weight is 844 g/mol. The average Bonchev–Trinajstić information content (AvgIpc) is 3.67. The van der Waals surface area contributed by atoms with Crippen molar-refractivity contribution in [3.63, 3.8) is 0 Å². The number of carbonyl (C=O) groups is 5. The van der Waals surface area contributed by atoms with Crippen molar-refractivity contribution in [3.05, 3.63) is 107 Å². The number of carbonyl (C=O) groups excluding carboxylic acids is 5. The molecule has 4 unspecified atom stereocenters. The van der Waals surface area contributed by atoms with Crippen molar-refractivity contribution in [2.45, 2.75) is 83.7 Å². The van der Waals surface area contributed by atoms with Crippen LogP contribution in [0.5, 0.6) is 0 Å². The van der Waals surface area contributed by atoms with Gasteiger partial charge in [0.15, 0.2) is 6.10 Å². The van der Waals surface area contributed by atoms with Gasteiger partial charge in [0.1, 0.15) is 12.3 Å². The number of nitrogens with one attached hydrogen (secondary N) is 2. The largest absolute Gasteiger partial charge is 0.466 e. The van der Waals surface area contributed by atoms with Crippen LogP contribution in [0, 0.1) is 0 Å². The molecular formula is C46H58ClN5O8. The van der Waals surface area contributed by atoms with Gasteiger partial charge in [-0.05, 0) is 80.6 Å². The van der Waals surface area contributed by atoms with Crippen LogP contribution in [0.15, 0.2) is 85.1 Å². The normalized spacial score (nSPS) is 16.1. The summed E-state index contributed by atoms with van der Waals surface area (Å²) < 4.78 is 17.5. The van der Waals surface area contributed by atoms with Crippen molar-refractivity contribution < 1.29 is 38.2 Å². The van der Waals surface area contributed by atoms with Crippen molar-refractivity contribution in [2.24, 2.45) is 0 Å². The number of esters is 2. The molecule has 0 bridgehead atoms. The minimum Gasteiger partial charge on any atom is -0.466 e. The maximum absolute atomic E-state index is 14.0. The molecule has 2 N–H and O–H groups in total. The SMILES string of the molecule is CCCN(CCC)C(=O)C(CCC(=O)OCCCN1CCN(C(C)C(OC(=O)Cc2c[nH]c3ccccc23)C(=O)c2ccc(Cl)cc2)CC1OC)NC(=O)c1ccccc1. The van der Waals surface area contributed by atoms with E-state index in [1.807, 2.05) is 51.1 Å². The van der Waals surface area contributed by atoms with Crippen molar-refractivity contribution in [1.29, 1.82) is 0 Å². The minimum absolute atomic E-state index is 0.000226. The third-order valence-electron chi connectivity index (χ3n) is 10.8. The number of aromatic nitrogens is 1. The van der Waals surface area contributed by atoms with Gasteiger partial charge in [0.05, 0.1) is 19.1 Å². The summed E-state index contributed by atoms with van der Waals surface area (Å²) in [5.74, 6) is -1.86. The lowest BCUT2D eigenvalue weighted by Crippen LogP contribution is -2.59. The van der Waals surface area contributed by atoms with Crippen LogP contribution in [-0.2, 0) is 35.0 Å². The predicted molar refractivity (Wildman–Crippen MR) is 231 cm³/mol. The molecule has 1 aliphatic heterocycles. The molecule has 0 spiro atoms. The maximum Gasteiger partial charge on any atom is 0.311 e. The highest BCUT2D eigenvalue weighted by Crippen LogP contribution is 2.23. The first-order valence-corrected chi connectivity index (χ1v) is 21.3. The van der Waals surface area contributed by atoms with Crippen LogP contribution in [0.1, 0.15) is 79.2 Å². The highest BCUT2D eigenvalue weighted by atomic mass is 35.5. The van der Waals surface area contributed by atoms with E-state index in [1.54, 1.807) is 66.7 Å². The van der Waals surface area contributed by atoms with Crippen LogP contribution in [0.3, 0.4) is 0 Å². The lowest BCUT2D eigenvalue weighted by molar-refractivity contribution is -0.151. The number of amides is 2. The van der Waals surface area contributed by atoms with E-state index >= 15 is 0 Å². The van der Waals surface area contributed by atoms with Crippen LogP contribution >= 0.6 is 11.6 Å². The molecule has 0 aliphatic carbocycles. The van der Waals surface area contributed by atoms with E-state index in [9.17, 15) is 24.0 Å². The third-order valence-corrected chi connectivity index (χ3v) is 11.1. The molecule has 0 radical (unpaired) electrons. The Hall–Kier alpha value is -5.08. The van der Waals surface area contributed by atoms with Crippen LogP contribution in [-0.4, -0.2) is 127 Å². The Morgan fingerprint density at radius 1 is 0.900 bits per heavy atom. The molecule has 14 heteroatoms. The molecule has 0 saturated carbocycles. The van der Waals surface area contributed by atoms with E-state index in [1.165, 1.54) is 0 Å². The van der Waals surface area contributed by atoms with Gasteiger partial charge in [0.2, 0.25) is 11.7 Å². The number of methoxy groups -OCH3 is 1. The Morgan fingerprint density at radius 3 is 2.30 bits per heavy atom. The van der Waals surface area contributed by atoms with Gasteiger partial charge in [0.25, 0.3) is 5.91 Å². The Labute approximate surface area is 357 Å². The molecule has 1 fully saturated rings. The second-order valence-electron chi connectivity index (χ2n) is 15.1. The Balaban J connectivity index is 1.14. The lowest BCUT2D eigenvalue weighted by atomic mass is 9.99. The molecule has 3 aromatic carbocycles. The summed E-state index contributed by atoms with van der Waals surface area (Å²) in [6.07, 6.45) is 2.55. The summed E-state index contributed by atoms with van der Waals surface area (Å²) in [5.41, 5.74) is 2.52. The third kappa shape index (κ3) is 12.7. The number of Topliss-reactive ketones (excluding diaryl/α,β-unsaturated/α-hetero) is 1. The van der Waals surface area contributed by atoms with Crippen LogP contribution in [0.4, 0.5) is 0 Å². The second-order valence-corrected chi connectivity index (χ2v) is 15.5. The molecule has 4 atom stereocenters. The van der Waals surface area contributed by atoms with E-state index in [-0.39, 0.29) is 49.7 Å². The number of halogens is 1. The number of hydrogen-bond acceptors (Lipinski definition) is 10. The minimum atomic E-state index is -1.09. The van der Waals surface area contributed by atoms with Crippen molar-refractivity contribution in [3.8, 4) is 0 Å². The van der Waals surface area contributed by atoms with Gasteiger partial charge >= 0.3 is 11.9 Å². The molecular weight excluding hydrogens is 786 g/mol. The number of aromatic amines is 1. The second kappa shape index (κ2) is 23.1. The molecule has 1 saturated heterocycles. The van der Waals surface area contributed by atoms with Gasteiger partial charge in [-0.3, -0.25) is 33.8 Å². The number of benzene rings is 3. The number of piperazine rings is 1. The van der Waals surface area contributed by atoms with E-state index in [2.05, 4.69) is 20.1 Å². The first kappa shape index (κ1) is 46.0. The molecule has 1 aromatic heterocycles. The summed E-state index contributed by atoms with van der Waals surface area (Å²) in [5, 5.41) is 4.27. The monoisotopic (exact) mass is 843 g/mol. The first-order valence-electron chi connectivity index (χ1n) is 20.9. The fraction of sp³-hybridized carbons (Fsp3) is 0.457. The highest BCUT2D eigenvalue weighted by molar-refractivity contribution is 6.30. The highest BCUT2D eigenvalue weighted by Gasteiger charge is 2.38. The topological polar surface area (TPSA) is 151 Å². The molecule has 2 amide bonds. The summed E-state index contributed by atoms with van der Waals surface area (Å²) in [6, 6.07) is 21.6. The van der Waals surface area contributed by atoms with Crippen molar-refractivity contribution in [1.82, 2.24) is 25.0 Å². The Kier molecular flexibility index (Phi) is 17.7. The van der Waals surface area contributed by atoms with Gasteiger partial charge in [-0.15, -0.1) is 0 Å². The zero-order chi connectivity index (χ0) is 43.0. The van der Waals surface area contributed by atoms with Crippen LogP contribution in [0.25, 0.3) is 10.9 Å². The fourth-order valence-corrected chi connectivity index (χ4v) is 7.71. The molecule has 13 nitrogen and oxygen atoms in total. The Morgan fingerprint density at radius 2 is 1.60 bits per heavy atom. The maximum atomic E-state index is 14.0. The number of H-pyrrole nitrogens is 1. The summed E-state index contributed by atoms with van der Waals surface area (Å²) in [4.78, 5) is 76.1. The van der Waals surface area contributed by atoms with E-state index < -0.39 is 30.1 Å². The molecule has 2 heterocycles. The van der Waals surface area contributed by atoms with Gasteiger partial charge in [0, 0.05) is 86.0 Å². The molecule has 322 valence electrons. The van der Waals surface area contributed by atoms with Crippen LogP contribution < -0.4 is 5.32 Å². The standard InChI is InChI=1S/C46H58ClN5O8/c1-5-23-51(24-6-2)46(57)39(49-45(56)34-13-8-7-9-14-34)21-22-41(53)59-28-12-25-50-26-27-52(31-40(50)58-4)32(3)44(43(55)33-17-19-36(47)20-18-33)60-42(54)29-35-30-48-38-16-11-10-15-37(35)38/h7-11,13-20,30,32,39-40,44,48H,5-6,12,21-29,31H2,1-4H3,(H,49,56). The van der Waals surface area contributed by atoms with Crippen molar-refractivity contribution in [2.75, 3.05) is 53.0 Å². The van der Waals surface area contributed by atoms with Gasteiger partial charge in [-0.1, -0.05) is 61.8 Å². The smallest absolute Gasteiger partial charge is 0.311 e. The summed E-state index contributed by atoms with van der Waals surface area (Å²) >= 11 is 6.12. The van der Waals surface area contributed by atoms with E-state index in [0.29, 0.717) is 61.8 Å². The predicted octanol–water partition coefficient (Wildman–Crippen LogP) is 6.30. The molecule has 1 aliphatic rings. The van der Waals surface area contributed by atoms with Gasteiger partial charge in [-0.25, -0.2) is 0 Å². The first-order chi connectivity index (χ1) is 29.0. The zero-order valence-electron chi connectivity index (χ0n) is 35.1. The molecule has 4 aromatic rings. The Bertz CT molecular complexity index is 2020. The number of rotatable bonds is 22. The number of para-hydroxylation sites is 1. The lowest BCUT2D eigenvalue weighted by Gasteiger charge is -2.44. The molecule has 60 heavy (non-hydrogen) atoms. The quantitative estimate of drug-likeness (QED) is 0.0525. The van der Waals surface area contributed by atoms with Crippen LogP contribution in [0.2, 0.25) is 5.02 Å². The van der Waals surface area contributed by atoms with Gasteiger partial charge < -0.3 is 29.4 Å². The number of ether oxygens (including phenoxy) is 3. The summed E-state index contributed by atoms with van der Waals surface area (Å²) in [7, 11) is 1.62.